The molecular formula is C23H22ClN3O3S2. The van der Waals surface area contributed by atoms with Crippen LogP contribution in [0, 0.1) is 6.92 Å². The van der Waals surface area contributed by atoms with Crippen molar-refractivity contribution in [2.45, 2.75) is 16.7 Å². The number of sulfonamides is 1. The number of thioether (sulfide) groups is 1. The van der Waals surface area contributed by atoms with E-state index in [0.29, 0.717) is 5.02 Å². The molecule has 0 aliphatic carbocycles. The van der Waals surface area contributed by atoms with Crippen molar-refractivity contribution in [3.05, 3.63) is 88.9 Å². The molecule has 3 aromatic rings. The molecule has 3 rings (SSSR count). The van der Waals surface area contributed by atoms with Gasteiger partial charge in [0.15, 0.2) is 0 Å². The lowest BCUT2D eigenvalue weighted by atomic mass is 10.2. The highest BCUT2D eigenvalue weighted by Crippen LogP contribution is 2.27. The molecule has 1 N–H and O–H groups in total. The maximum absolute atomic E-state index is 13.3. The van der Waals surface area contributed by atoms with Crippen LogP contribution in [0.3, 0.4) is 0 Å². The molecule has 32 heavy (non-hydrogen) atoms. The Bertz CT molecular complexity index is 1210. The van der Waals surface area contributed by atoms with E-state index < -0.39 is 22.5 Å². The van der Waals surface area contributed by atoms with Gasteiger partial charge in [-0.25, -0.2) is 13.8 Å². The van der Waals surface area contributed by atoms with Gasteiger partial charge in [0.25, 0.3) is 15.9 Å². The summed E-state index contributed by atoms with van der Waals surface area (Å²) in [5.41, 5.74) is 4.29. The van der Waals surface area contributed by atoms with Crippen molar-refractivity contribution in [3.63, 3.8) is 0 Å². The highest BCUT2D eigenvalue weighted by Gasteiger charge is 2.27. The lowest BCUT2D eigenvalue weighted by molar-refractivity contribution is -0.119. The third-order valence-corrected chi connectivity index (χ3v) is 7.52. The lowest BCUT2D eigenvalue weighted by Crippen LogP contribution is -2.39. The molecule has 0 bridgehead atoms. The maximum atomic E-state index is 13.3. The number of hydrogen-bond donors (Lipinski definition) is 1. The van der Waals surface area contributed by atoms with Crippen molar-refractivity contribution in [1.29, 1.82) is 0 Å². The summed E-state index contributed by atoms with van der Waals surface area (Å²) in [6, 6.07) is 20.4. The summed E-state index contributed by atoms with van der Waals surface area (Å²) in [5, 5.41) is 4.36. The number of aryl methyl sites for hydroxylation is 1. The first-order valence-corrected chi connectivity index (χ1v) is 12.7. The summed E-state index contributed by atoms with van der Waals surface area (Å²) < 4.78 is 27.6. The van der Waals surface area contributed by atoms with Crippen LogP contribution in [0.25, 0.3) is 0 Å². The van der Waals surface area contributed by atoms with Crippen LogP contribution in [0.4, 0.5) is 5.69 Å². The van der Waals surface area contributed by atoms with E-state index in [1.165, 1.54) is 24.4 Å². The fraction of sp³-hybridized carbons (Fsp3) is 0.130. The predicted molar refractivity (Wildman–Crippen MR) is 131 cm³/mol. The van der Waals surface area contributed by atoms with Gasteiger partial charge in [0.2, 0.25) is 0 Å². The van der Waals surface area contributed by atoms with Crippen LogP contribution in [0.2, 0.25) is 5.02 Å². The Kier molecular flexibility index (Phi) is 7.95. The first kappa shape index (κ1) is 23.8. The average molecular weight is 488 g/mol. The molecule has 166 valence electrons. The number of hydrazone groups is 1. The van der Waals surface area contributed by atoms with Gasteiger partial charge < -0.3 is 0 Å². The van der Waals surface area contributed by atoms with Gasteiger partial charge in [-0.1, -0.05) is 48.0 Å². The van der Waals surface area contributed by atoms with E-state index in [1.54, 1.807) is 42.1 Å². The summed E-state index contributed by atoms with van der Waals surface area (Å²) in [5.74, 6) is -0.585. The summed E-state index contributed by atoms with van der Waals surface area (Å²) in [4.78, 5) is 13.8. The van der Waals surface area contributed by atoms with Crippen molar-refractivity contribution in [2.24, 2.45) is 5.10 Å². The summed E-state index contributed by atoms with van der Waals surface area (Å²) in [6.45, 7) is 1.36. The van der Waals surface area contributed by atoms with E-state index in [4.69, 9.17) is 11.6 Å². The zero-order chi connectivity index (χ0) is 23.1. The molecule has 1 amide bonds. The summed E-state index contributed by atoms with van der Waals surface area (Å²) in [6.07, 6.45) is 3.49. The molecule has 3 aromatic carbocycles. The second kappa shape index (κ2) is 10.7. The number of carbonyl (C=O) groups is 1. The minimum Gasteiger partial charge on any atom is -0.271 e. The van der Waals surface area contributed by atoms with E-state index in [1.807, 2.05) is 37.4 Å². The molecule has 0 aromatic heterocycles. The van der Waals surface area contributed by atoms with Gasteiger partial charge in [-0.15, -0.1) is 11.8 Å². The number of benzene rings is 3. The zero-order valence-electron chi connectivity index (χ0n) is 17.5. The smallest absolute Gasteiger partial charge is 0.264 e. The lowest BCUT2D eigenvalue weighted by Gasteiger charge is -2.24. The van der Waals surface area contributed by atoms with Crippen molar-refractivity contribution in [2.75, 3.05) is 17.1 Å². The topological polar surface area (TPSA) is 78.8 Å². The minimum absolute atomic E-state index is 0.0712. The van der Waals surface area contributed by atoms with Gasteiger partial charge in [0.1, 0.15) is 6.54 Å². The fourth-order valence-corrected chi connectivity index (χ4v) is 4.82. The van der Waals surface area contributed by atoms with Crippen molar-refractivity contribution >= 4 is 51.2 Å². The monoisotopic (exact) mass is 487 g/mol. The number of nitrogens with zero attached hydrogens (tertiary/aromatic N) is 2. The van der Waals surface area contributed by atoms with Gasteiger partial charge in [-0.05, 0) is 60.7 Å². The Morgan fingerprint density at radius 1 is 1.09 bits per heavy atom. The van der Waals surface area contributed by atoms with E-state index >= 15 is 0 Å². The van der Waals surface area contributed by atoms with E-state index in [9.17, 15) is 13.2 Å². The molecule has 0 atom stereocenters. The third kappa shape index (κ3) is 5.91. The number of nitrogens with one attached hydrogen (secondary N) is 1. The van der Waals surface area contributed by atoms with Crippen molar-refractivity contribution in [1.82, 2.24) is 5.43 Å². The number of amides is 1. The normalized spacial score (nSPS) is 11.5. The molecular weight excluding hydrogens is 466 g/mol. The third-order valence-electron chi connectivity index (χ3n) is 4.58. The Morgan fingerprint density at radius 3 is 2.41 bits per heavy atom. The first-order chi connectivity index (χ1) is 15.3. The zero-order valence-corrected chi connectivity index (χ0v) is 19.9. The Morgan fingerprint density at radius 2 is 1.78 bits per heavy atom. The van der Waals surface area contributed by atoms with E-state index in [0.717, 1.165) is 20.3 Å². The molecule has 0 radical (unpaired) electrons. The molecule has 0 aliphatic rings. The van der Waals surface area contributed by atoms with Crippen LogP contribution in [-0.4, -0.2) is 33.3 Å². The minimum atomic E-state index is -4.00. The molecule has 0 fully saturated rings. The van der Waals surface area contributed by atoms with Crippen molar-refractivity contribution < 1.29 is 13.2 Å². The van der Waals surface area contributed by atoms with Crippen LogP contribution in [0.1, 0.15) is 11.1 Å². The molecule has 0 unspecified atom stereocenters. The SMILES string of the molecule is CSc1ccc(/C=N/NC(=O)CN(c2ccc(C)c(Cl)c2)S(=O)(=O)c2ccccc2)cc1. The van der Waals surface area contributed by atoms with Crippen LogP contribution in [0.5, 0.6) is 0 Å². The van der Waals surface area contributed by atoms with E-state index in [2.05, 4.69) is 10.5 Å². The number of anilines is 1. The largest absolute Gasteiger partial charge is 0.271 e. The Hall–Kier alpha value is -2.81. The second-order valence-corrected chi connectivity index (χ2v) is 9.97. The highest BCUT2D eigenvalue weighted by atomic mass is 35.5. The van der Waals surface area contributed by atoms with Crippen LogP contribution in [0.15, 0.2) is 87.7 Å². The molecule has 0 heterocycles. The van der Waals surface area contributed by atoms with E-state index in [-0.39, 0.29) is 10.6 Å². The van der Waals surface area contributed by atoms with Crippen molar-refractivity contribution in [3.8, 4) is 0 Å². The van der Waals surface area contributed by atoms with Gasteiger partial charge >= 0.3 is 0 Å². The predicted octanol–water partition coefficient (Wildman–Crippen LogP) is 4.72. The standard InChI is InChI=1S/C23H22ClN3O3S2/c1-17-8-11-19(14-22(17)24)27(32(29,30)21-6-4-3-5-7-21)16-23(28)26-25-15-18-9-12-20(31-2)13-10-18/h3-15H,16H2,1-2H3,(H,26,28)/b25-15+. The molecule has 0 saturated heterocycles. The molecule has 6 nitrogen and oxygen atoms in total. The summed E-state index contributed by atoms with van der Waals surface area (Å²) >= 11 is 7.84. The average Bonchev–Trinajstić information content (AvgIpc) is 2.80. The Balaban J connectivity index is 1.82. The number of carbonyl (C=O) groups excluding carboxylic acids is 1. The van der Waals surface area contributed by atoms with Gasteiger partial charge in [0.05, 0.1) is 16.8 Å². The van der Waals surface area contributed by atoms with Crippen LogP contribution >= 0.6 is 23.4 Å². The highest BCUT2D eigenvalue weighted by molar-refractivity contribution is 7.98. The quantitative estimate of drug-likeness (QED) is 0.283. The number of hydrogen-bond acceptors (Lipinski definition) is 5. The van der Waals surface area contributed by atoms with Gasteiger partial charge in [0, 0.05) is 9.92 Å². The summed E-state index contributed by atoms with van der Waals surface area (Å²) in [7, 11) is -4.00. The van der Waals surface area contributed by atoms with Gasteiger partial charge in [-0.2, -0.15) is 5.10 Å². The van der Waals surface area contributed by atoms with Crippen LogP contribution in [-0.2, 0) is 14.8 Å². The second-order valence-electron chi connectivity index (χ2n) is 6.82. The molecule has 9 heteroatoms. The Labute approximate surface area is 197 Å². The number of halogens is 1. The molecule has 0 aliphatic heterocycles. The molecule has 0 saturated carbocycles. The molecule has 0 spiro atoms. The van der Waals surface area contributed by atoms with Gasteiger partial charge in [-0.3, -0.25) is 9.10 Å². The first-order valence-electron chi connectivity index (χ1n) is 9.61. The maximum Gasteiger partial charge on any atom is 0.264 e. The fourth-order valence-electron chi connectivity index (χ4n) is 2.81. The number of rotatable bonds is 8. The van der Waals surface area contributed by atoms with Crippen LogP contribution < -0.4 is 9.73 Å².